The Kier molecular flexibility index (Phi) is 5.15. The third-order valence-corrected chi connectivity index (χ3v) is 4.88. The molecule has 2 fully saturated rings. The van der Waals surface area contributed by atoms with Gasteiger partial charge in [0.05, 0.1) is 0 Å². The van der Waals surface area contributed by atoms with Gasteiger partial charge in [0.15, 0.2) is 0 Å². The second-order valence-electron chi connectivity index (χ2n) is 6.47. The molecular formula is C18H29N3. The Balaban J connectivity index is 1.52. The zero-order valence-electron chi connectivity index (χ0n) is 13.4. The summed E-state index contributed by atoms with van der Waals surface area (Å²) >= 11 is 0. The number of nitrogens with zero attached hydrogens (tertiary/aromatic N) is 2. The van der Waals surface area contributed by atoms with E-state index >= 15 is 0 Å². The van der Waals surface area contributed by atoms with E-state index in [1.165, 1.54) is 63.1 Å². The second kappa shape index (κ2) is 7.28. The SMILES string of the molecule is CCCNCc1ccc(N2CCC(N3CCCC3)C2)cc1. The molecule has 0 bridgehead atoms. The second-order valence-corrected chi connectivity index (χ2v) is 6.47. The first-order valence-electron chi connectivity index (χ1n) is 8.65. The van der Waals surface area contributed by atoms with Crippen LogP contribution in [0.25, 0.3) is 0 Å². The van der Waals surface area contributed by atoms with Gasteiger partial charge in [0, 0.05) is 31.4 Å². The van der Waals surface area contributed by atoms with Crippen molar-refractivity contribution in [1.29, 1.82) is 0 Å². The molecule has 0 aromatic heterocycles. The monoisotopic (exact) mass is 287 g/mol. The molecule has 2 saturated heterocycles. The Bertz CT molecular complexity index is 423. The normalized spacial score (nSPS) is 23.1. The number of hydrogen-bond donors (Lipinski definition) is 1. The minimum Gasteiger partial charge on any atom is -0.370 e. The van der Waals surface area contributed by atoms with E-state index in [4.69, 9.17) is 0 Å². The summed E-state index contributed by atoms with van der Waals surface area (Å²) in [6, 6.07) is 9.95. The third-order valence-electron chi connectivity index (χ3n) is 4.88. The van der Waals surface area contributed by atoms with E-state index in [9.17, 15) is 0 Å². The standard InChI is InChI=1S/C18H29N3/c1-2-10-19-14-16-5-7-17(8-6-16)21-13-9-18(15-21)20-11-3-4-12-20/h5-8,18-19H,2-4,9-15H2,1H3. The van der Waals surface area contributed by atoms with Gasteiger partial charge in [0.2, 0.25) is 0 Å². The summed E-state index contributed by atoms with van der Waals surface area (Å²) < 4.78 is 0. The Hall–Kier alpha value is -1.06. The highest BCUT2D eigenvalue weighted by atomic mass is 15.3. The van der Waals surface area contributed by atoms with Crippen LogP contribution in [-0.2, 0) is 6.54 Å². The molecule has 0 aliphatic carbocycles. The highest BCUT2D eigenvalue weighted by Gasteiger charge is 2.29. The van der Waals surface area contributed by atoms with Crippen molar-refractivity contribution in [3.05, 3.63) is 29.8 Å². The lowest BCUT2D eigenvalue weighted by Gasteiger charge is -2.24. The van der Waals surface area contributed by atoms with Crippen molar-refractivity contribution in [3.8, 4) is 0 Å². The van der Waals surface area contributed by atoms with Crippen molar-refractivity contribution in [2.75, 3.05) is 37.6 Å². The van der Waals surface area contributed by atoms with Gasteiger partial charge in [-0.3, -0.25) is 4.90 Å². The molecule has 21 heavy (non-hydrogen) atoms. The van der Waals surface area contributed by atoms with Crippen LogP contribution in [-0.4, -0.2) is 43.7 Å². The summed E-state index contributed by atoms with van der Waals surface area (Å²) in [6.07, 6.45) is 5.33. The Morgan fingerprint density at radius 1 is 1.10 bits per heavy atom. The van der Waals surface area contributed by atoms with Crippen molar-refractivity contribution < 1.29 is 0 Å². The average Bonchev–Trinajstić information content (AvgIpc) is 3.19. The molecule has 1 aromatic carbocycles. The molecule has 2 aliphatic rings. The first-order valence-corrected chi connectivity index (χ1v) is 8.65. The Labute approximate surface area is 129 Å². The highest BCUT2D eigenvalue weighted by molar-refractivity contribution is 5.48. The first-order chi connectivity index (χ1) is 10.4. The van der Waals surface area contributed by atoms with Gasteiger partial charge in [-0.05, 0) is 63.0 Å². The van der Waals surface area contributed by atoms with Crippen molar-refractivity contribution in [2.45, 2.75) is 45.2 Å². The molecule has 0 radical (unpaired) electrons. The molecule has 0 amide bonds. The van der Waals surface area contributed by atoms with Crippen LogP contribution in [0.2, 0.25) is 0 Å². The predicted octanol–water partition coefficient (Wildman–Crippen LogP) is 2.86. The Morgan fingerprint density at radius 2 is 1.86 bits per heavy atom. The quantitative estimate of drug-likeness (QED) is 0.812. The zero-order chi connectivity index (χ0) is 14.5. The fourth-order valence-electron chi connectivity index (χ4n) is 3.62. The molecule has 116 valence electrons. The summed E-state index contributed by atoms with van der Waals surface area (Å²) in [4.78, 5) is 5.26. The zero-order valence-corrected chi connectivity index (χ0v) is 13.4. The minimum absolute atomic E-state index is 0.790. The molecule has 3 rings (SSSR count). The summed E-state index contributed by atoms with van der Waals surface area (Å²) in [6.45, 7) is 9.37. The van der Waals surface area contributed by atoms with Gasteiger partial charge in [-0.15, -0.1) is 0 Å². The maximum atomic E-state index is 3.46. The lowest BCUT2D eigenvalue weighted by molar-refractivity contribution is 0.260. The lowest BCUT2D eigenvalue weighted by Crippen LogP contribution is -2.35. The van der Waals surface area contributed by atoms with Crippen molar-refractivity contribution in [3.63, 3.8) is 0 Å². The van der Waals surface area contributed by atoms with Gasteiger partial charge in [0.1, 0.15) is 0 Å². The number of anilines is 1. The molecule has 0 spiro atoms. The fourth-order valence-corrected chi connectivity index (χ4v) is 3.62. The van der Waals surface area contributed by atoms with E-state index in [-0.39, 0.29) is 0 Å². The summed E-state index contributed by atoms with van der Waals surface area (Å²) in [5, 5.41) is 3.46. The van der Waals surface area contributed by atoms with Crippen LogP contribution in [0.5, 0.6) is 0 Å². The van der Waals surface area contributed by atoms with E-state index in [2.05, 4.69) is 46.3 Å². The maximum absolute atomic E-state index is 3.46. The van der Waals surface area contributed by atoms with Crippen LogP contribution < -0.4 is 10.2 Å². The number of rotatable bonds is 6. The molecule has 3 nitrogen and oxygen atoms in total. The molecule has 1 aromatic rings. The van der Waals surface area contributed by atoms with Crippen LogP contribution in [0.15, 0.2) is 24.3 Å². The molecular weight excluding hydrogens is 258 g/mol. The highest BCUT2D eigenvalue weighted by Crippen LogP contribution is 2.25. The van der Waals surface area contributed by atoms with Gasteiger partial charge < -0.3 is 10.2 Å². The molecule has 1 unspecified atom stereocenters. The summed E-state index contributed by atoms with van der Waals surface area (Å²) in [5.41, 5.74) is 2.79. The summed E-state index contributed by atoms with van der Waals surface area (Å²) in [5.74, 6) is 0. The first kappa shape index (κ1) is 14.9. The van der Waals surface area contributed by atoms with Crippen molar-refractivity contribution in [2.24, 2.45) is 0 Å². The van der Waals surface area contributed by atoms with Crippen LogP contribution >= 0.6 is 0 Å². The number of benzene rings is 1. The number of hydrogen-bond acceptors (Lipinski definition) is 3. The molecule has 2 heterocycles. The van der Waals surface area contributed by atoms with Gasteiger partial charge in [-0.25, -0.2) is 0 Å². The van der Waals surface area contributed by atoms with Crippen molar-refractivity contribution in [1.82, 2.24) is 10.2 Å². The number of nitrogens with one attached hydrogen (secondary N) is 1. The Morgan fingerprint density at radius 3 is 2.57 bits per heavy atom. The van der Waals surface area contributed by atoms with E-state index < -0.39 is 0 Å². The van der Waals surface area contributed by atoms with Crippen LogP contribution in [0.3, 0.4) is 0 Å². The topological polar surface area (TPSA) is 18.5 Å². The average molecular weight is 287 g/mol. The van der Waals surface area contributed by atoms with Gasteiger partial charge in [-0.2, -0.15) is 0 Å². The smallest absolute Gasteiger partial charge is 0.0366 e. The lowest BCUT2D eigenvalue weighted by atomic mass is 10.2. The molecule has 0 saturated carbocycles. The van der Waals surface area contributed by atoms with Crippen LogP contribution in [0, 0.1) is 0 Å². The molecule has 1 atom stereocenters. The largest absolute Gasteiger partial charge is 0.370 e. The van der Waals surface area contributed by atoms with Crippen LogP contribution in [0.4, 0.5) is 5.69 Å². The molecule has 1 N–H and O–H groups in total. The van der Waals surface area contributed by atoms with E-state index in [0.29, 0.717) is 0 Å². The maximum Gasteiger partial charge on any atom is 0.0366 e. The van der Waals surface area contributed by atoms with Crippen LogP contribution in [0.1, 0.15) is 38.2 Å². The van der Waals surface area contributed by atoms with E-state index in [1.54, 1.807) is 0 Å². The fraction of sp³-hybridized carbons (Fsp3) is 0.667. The number of likely N-dealkylation sites (tertiary alicyclic amines) is 1. The van der Waals surface area contributed by atoms with Crippen molar-refractivity contribution >= 4 is 5.69 Å². The summed E-state index contributed by atoms with van der Waals surface area (Å²) in [7, 11) is 0. The van der Waals surface area contributed by atoms with E-state index in [0.717, 1.165) is 19.1 Å². The predicted molar refractivity (Wildman–Crippen MR) is 89.9 cm³/mol. The minimum atomic E-state index is 0.790. The van der Waals surface area contributed by atoms with E-state index in [1.807, 2.05) is 0 Å². The van der Waals surface area contributed by atoms with Gasteiger partial charge in [-0.1, -0.05) is 19.1 Å². The van der Waals surface area contributed by atoms with Gasteiger partial charge >= 0.3 is 0 Å². The third kappa shape index (κ3) is 3.78. The molecule has 3 heteroatoms. The van der Waals surface area contributed by atoms with Gasteiger partial charge in [0.25, 0.3) is 0 Å². The molecule has 2 aliphatic heterocycles.